The fraction of sp³-hybridized carbons (Fsp3) is 0.636. The molecule has 0 bridgehead atoms. The Bertz CT molecular complexity index is 1010. The van der Waals surface area contributed by atoms with E-state index >= 15 is 0 Å². The van der Waals surface area contributed by atoms with Crippen molar-refractivity contribution in [2.75, 3.05) is 13.7 Å². The van der Waals surface area contributed by atoms with Gasteiger partial charge >= 0.3 is 23.5 Å². The lowest BCUT2D eigenvalue weighted by molar-refractivity contribution is -0.158. The Morgan fingerprint density at radius 1 is 1.18 bits per heavy atom. The molecule has 3 heterocycles. The molecule has 0 saturated carbocycles. The van der Waals surface area contributed by atoms with Crippen molar-refractivity contribution in [3.05, 3.63) is 11.5 Å². The molecule has 6 atom stereocenters. The Kier molecular flexibility index (Phi) is 7.39. The SMILES string of the molecule is CON1C(N)=NC(N)=C2N=CN([C@@H]3O[C@H](COP(=O)(O)OP(=O)(O)OP(=O)(O)O)C[C@H]3O)C21. The summed E-state index contributed by atoms with van der Waals surface area (Å²) in [4.78, 5) is 50.4. The van der Waals surface area contributed by atoms with Crippen LogP contribution in [0.3, 0.4) is 0 Å². The first-order valence-electron chi connectivity index (χ1n) is 8.73. The highest BCUT2D eigenvalue weighted by molar-refractivity contribution is 7.66. The standard InChI is InChI=1S/C11H21N6O13P3/c1-26-17-9-7(8(12)15-11(17)13)14-4-16(9)10-6(18)2-5(28-10)3-27-32(22,23)30-33(24,25)29-31(19,20)21/h4-6,9-10,18H,2-3,12H2,1H3,(H2,13,15)(H,22,23)(H,24,25)(H2,19,20,21)/t5-,6+,9?,10+/m0/s1. The van der Waals surface area contributed by atoms with Crippen LogP contribution < -0.4 is 11.5 Å². The van der Waals surface area contributed by atoms with Crippen LogP contribution in [0.25, 0.3) is 0 Å². The maximum atomic E-state index is 11.9. The smallest absolute Gasteiger partial charge is 0.388 e. The van der Waals surface area contributed by atoms with Gasteiger partial charge in [-0.1, -0.05) is 0 Å². The van der Waals surface area contributed by atoms with Crippen LogP contribution in [0.4, 0.5) is 0 Å². The van der Waals surface area contributed by atoms with E-state index in [0.29, 0.717) is 0 Å². The summed E-state index contributed by atoms with van der Waals surface area (Å²) < 4.78 is 51.3. The molecule has 0 radical (unpaired) electrons. The number of aliphatic imine (C=N–C) groups is 2. The third kappa shape index (κ3) is 6.17. The molecule has 3 aliphatic rings. The number of nitrogens with two attached hydrogens (primary N) is 2. The van der Waals surface area contributed by atoms with Gasteiger partial charge in [0.05, 0.1) is 26.2 Å². The summed E-state index contributed by atoms with van der Waals surface area (Å²) in [5.74, 6) is -0.0720. The van der Waals surface area contributed by atoms with Crippen LogP contribution in [0.15, 0.2) is 21.5 Å². The number of ether oxygens (including phenoxy) is 1. The summed E-state index contributed by atoms with van der Waals surface area (Å²) in [5, 5.41) is 11.6. The van der Waals surface area contributed by atoms with Gasteiger partial charge in [0, 0.05) is 6.42 Å². The Labute approximate surface area is 185 Å². The van der Waals surface area contributed by atoms with Crippen LogP contribution in [0.2, 0.25) is 0 Å². The Hall–Kier alpha value is -1.43. The second-order valence-corrected chi connectivity index (χ2v) is 11.1. The van der Waals surface area contributed by atoms with E-state index in [-0.39, 0.29) is 23.9 Å². The van der Waals surface area contributed by atoms with Gasteiger partial charge in [-0.25, -0.2) is 18.7 Å². The summed E-state index contributed by atoms with van der Waals surface area (Å²) in [5.41, 5.74) is 11.9. The number of nitrogens with zero attached hydrogens (tertiary/aromatic N) is 4. The fourth-order valence-electron chi connectivity index (χ4n) is 3.17. The Morgan fingerprint density at radius 2 is 1.85 bits per heavy atom. The average molecular weight is 538 g/mol. The van der Waals surface area contributed by atoms with E-state index in [9.17, 15) is 23.7 Å². The quantitative estimate of drug-likeness (QED) is 0.153. The summed E-state index contributed by atoms with van der Waals surface area (Å²) >= 11 is 0. The molecule has 19 nitrogen and oxygen atoms in total. The van der Waals surface area contributed by atoms with Gasteiger partial charge < -0.3 is 45.8 Å². The molecular weight excluding hydrogens is 517 g/mol. The van der Waals surface area contributed by atoms with E-state index in [2.05, 4.69) is 23.1 Å². The number of phosphoric acid groups is 3. The first-order valence-corrected chi connectivity index (χ1v) is 13.3. The van der Waals surface area contributed by atoms with E-state index in [1.165, 1.54) is 18.3 Å². The molecule has 0 aliphatic carbocycles. The first-order chi connectivity index (χ1) is 15.1. The lowest BCUT2D eigenvalue weighted by atomic mass is 10.2. The van der Waals surface area contributed by atoms with Gasteiger partial charge in [0.25, 0.3) is 0 Å². The third-order valence-corrected chi connectivity index (χ3v) is 8.10. The van der Waals surface area contributed by atoms with Crippen LogP contribution >= 0.6 is 23.5 Å². The largest absolute Gasteiger partial charge is 0.490 e. The van der Waals surface area contributed by atoms with Crippen molar-refractivity contribution in [3.8, 4) is 0 Å². The van der Waals surface area contributed by atoms with Gasteiger partial charge in [-0.2, -0.15) is 18.7 Å². The Morgan fingerprint density at radius 3 is 2.45 bits per heavy atom. The number of fused-ring (bicyclic) bond motifs is 1. The molecule has 1 saturated heterocycles. The number of hydrogen-bond acceptors (Lipinski definition) is 15. The minimum atomic E-state index is -5.65. The lowest BCUT2D eigenvalue weighted by Crippen LogP contribution is -2.57. The van der Waals surface area contributed by atoms with Crippen LogP contribution in [-0.2, 0) is 36.4 Å². The minimum Gasteiger partial charge on any atom is -0.388 e. The van der Waals surface area contributed by atoms with E-state index in [1.54, 1.807) is 0 Å². The molecule has 0 aromatic carbocycles. The van der Waals surface area contributed by atoms with Crippen molar-refractivity contribution in [1.29, 1.82) is 0 Å². The fourth-order valence-corrected chi connectivity index (χ4v) is 6.22. The van der Waals surface area contributed by atoms with E-state index < -0.39 is 54.7 Å². The predicted octanol–water partition coefficient (Wildman–Crippen LogP) is -2.20. The molecular formula is C11H21N6O13P3. The zero-order chi connectivity index (χ0) is 24.8. The van der Waals surface area contributed by atoms with Gasteiger partial charge in [0.2, 0.25) is 5.96 Å². The molecule has 9 N–H and O–H groups in total. The molecule has 0 amide bonds. The lowest BCUT2D eigenvalue weighted by Gasteiger charge is -2.38. The monoisotopic (exact) mass is 538 g/mol. The maximum absolute atomic E-state index is 11.9. The van der Waals surface area contributed by atoms with Crippen molar-refractivity contribution >= 4 is 35.8 Å². The summed E-state index contributed by atoms with van der Waals surface area (Å²) in [6, 6.07) is 0. The number of aliphatic hydroxyl groups is 1. The van der Waals surface area contributed by atoms with Gasteiger partial charge in [0.15, 0.2) is 18.2 Å². The van der Waals surface area contributed by atoms with Gasteiger partial charge in [-0.15, -0.1) is 0 Å². The van der Waals surface area contributed by atoms with Crippen molar-refractivity contribution < 1.29 is 61.1 Å². The maximum Gasteiger partial charge on any atom is 0.490 e. The molecule has 1 fully saturated rings. The molecule has 188 valence electrons. The summed E-state index contributed by atoms with van der Waals surface area (Å²) in [7, 11) is -15.2. The van der Waals surface area contributed by atoms with Gasteiger partial charge in [0.1, 0.15) is 11.8 Å². The number of hydroxylamine groups is 2. The van der Waals surface area contributed by atoms with Gasteiger partial charge in [-0.3, -0.25) is 9.36 Å². The van der Waals surface area contributed by atoms with Crippen molar-refractivity contribution in [2.24, 2.45) is 21.5 Å². The minimum absolute atomic E-state index is 0.0150. The molecule has 33 heavy (non-hydrogen) atoms. The molecule has 3 aliphatic heterocycles. The topological polar surface area (TPSA) is 282 Å². The van der Waals surface area contributed by atoms with Crippen LogP contribution in [-0.4, -0.2) is 85.3 Å². The molecule has 3 rings (SSSR count). The average Bonchev–Trinajstić information content (AvgIpc) is 3.21. The van der Waals surface area contributed by atoms with Crippen LogP contribution in [0.1, 0.15) is 6.42 Å². The molecule has 22 heteroatoms. The van der Waals surface area contributed by atoms with E-state index in [4.69, 9.17) is 35.7 Å². The molecule has 0 spiro atoms. The summed E-state index contributed by atoms with van der Waals surface area (Å²) in [6.45, 7) is -0.727. The molecule has 0 aromatic rings. The van der Waals surface area contributed by atoms with Crippen LogP contribution in [0.5, 0.6) is 0 Å². The normalized spacial score (nSPS) is 31.4. The highest BCUT2D eigenvalue weighted by Crippen LogP contribution is 2.66. The van der Waals surface area contributed by atoms with Crippen molar-refractivity contribution in [1.82, 2.24) is 9.96 Å². The number of guanidine groups is 1. The summed E-state index contributed by atoms with van der Waals surface area (Å²) in [6.07, 6.45) is -2.95. The first kappa shape index (κ1) is 26.2. The molecule has 0 aromatic heterocycles. The number of aliphatic hydroxyl groups excluding tert-OH is 1. The zero-order valence-electron chi connectivity index (χ0n) is 16.6. The van der Waals surface area contributed by atoms with Crippen molar-refractivity contribution in [2.45, 2.75) is 31.0 Å². The Balaban J connectivity index is 1.63. The van der Waals surface area contributed by atoms with Crippen LogP contribution in [0, 0.1) is 0 Å². The predicted molar refractivity (Wildman–Crippen MR) is 105 cm³/mol. The molecule has 3 unspecified atom stereocenters. The second-order valence-electron chi connectivity index (χ2n) is 6.65. The van der Waals surface area contributed by atoms with Gasteiger partial charge in [-0.05, 0) is 0 Å². The number of hydrogen-bond donors (Lipinski definition) is 7. The van der Waals surface area contributed by atoms with E-state index in [1.807, 2.05) is 0 Å². The highest BCUT2D eigenvalue weighted by atomic mass is 31.3. The second kappa shape index (κ2) is 9.31. The number of phosphoric ester groups is 1. The number of rotatable bonds is 9. The third-order valence-electron chi connectivity index (χ3n) is 4.30. The zero-order valence-corrected chi connectivity index (χ0v) is 19.3. The van der Waals surface area contributed by atoms with Crippen molar-refractivity contribution in [3.63, 3.8) is 0 Å². The van der Waals surface area contributed by atoms with E-state index in [0.717, 1.165) is 5.06 Å². The highest BCUT2D eigenvalue weighted by Gasteiger charge is 2.48.